The average Bonchev–Trinajstić information content (AvgIpc) is 3.03. The molecule has 1 aromatic rings. The Morgan fingerprint density at radius 3 is 2.36 bits per heavy atom. The maximum Gasteiger partial charge on any atom is 0.243 e. The van der Waals surface area contributed by atoms with E-state index in [0.29, 0.717) is 6.54 Å². The summed E-state index contributed by atoms with van der Waals surface area (Å²) >= 11 is 0. The first-order valence-electron chi connectivity index (χ1n) is 10.3. The third-order valence-electron chi connectivity index (χ3n) is 5.55. The summed E-state index contributed by atoms with van der Waals surface area (Å²) in [6.07, 6.45) is 2.23. The van der Waals surface area contributed by atoms with E-state index in [1.807, 2.05) is 35.2 Å². The Morgan fingerprint density at radius 2 is 1.64 bits per heavy atom. The second-order valence-electron chi connectivity index (χ2n) is 8.57. The Balaban J connectivity index is 1.48. The van der Waals surface area contributed by atoms with Gasteiger partial charge in [0, 0.05) is 51.0 Å². The van der Waals surface area contributed by atoms with Crippen molar-refractivity contribution in [3.05, 3.63) is 35.9 Å². The minimum absolute atomic E-state index is 0.0644. The van der Waals surface area contributed by atoms with Gasteiger partial charge in [0.1, 0.15) is 0 Å². The van der Waals surface area contributed by atoms with Gasteiger partial charge in [0.25, 0.3) is 0 Å². The molecule has 6 heteroatoms. The van der Waals surface area contributed by atoms with Crippen molar-refractivity contribution in [1.82, 2.24) is 14.8 Å². The first kappa shape index (κ1) is 20.5. The summed E-state index contributed by atoms with van der Waals surface area (Å²) in [5.74, 6) is 0.0148. The van der Waals surface area contributed by atoms with E-state index in [2.05, 4.69) is 30.8 Å². The zero-order valence-corrected chi connectivity index (χ0v) is 17.4. The number of hydrogen-bond donors (Lipinski definition) is 0. The van der Waals surface area contributed by atoms with Crippen molar-refractivity contribution >= 4 is 17.5 Å². The van der Waals surface area contributed by atoms with Gasteiger partial charge < -0.3 is 4.90 Å². The molecule has 28 heavy (non-hydrogen) atoms. The standard InChI is InChI=1S/C22H32N4O2/c1-22(2,3)25-14-7-13-24(16-17-25)20(27)10-11-21(28)26-15-12-19(23-26)18-8-5-4-6-9-18/h4-6,8-9H,7,10-17H2,1-3H3. The maximum absolute atomic E-state index is 12.6. The number of amides is 2. The van der Waals surface area contributed by atoms with Crippen LogP contribution in [-0.2, 0) is 9.59 Å². The molecule has 1 saturated heterocycles. The minimum atomic E-state index is -0.0644. The highest BCUT2D eigenvalue weighted by atomic mass is 16.2. The summed E-state index contributed by atoms with van der Waals surface area (Å²) in [7, 11) is 0. The second kappa shape index (κ2) is 8.86. The van der Waals surface area contributed by atoms with Gasteiger partial charge in [-0.2, -0.15) is 5.10 Å². The van der Waals surface area contributed by atoms with Gasteiger partial charge in [-0.15, -0.1) is 0 Å². The summed E-state index contributed by atoms with van der Waals surface area (Å²) in [5, 5.41) is 6.00. The Labute approximate surface area is 168 Å². The summed E-state index contributed by atoms with van der Waals surface area (Å²) in [6.45, 7) is 10.7. The summed E-state index contributed by atoms with van der Waals surface area (Å²) in [4.78, 5) is 29.5. The third kappa shape index (κ3) is 5.19. The number of rotatable bonds is 4. The molecular formula is C22H32N4O2. The van der Waals surface area contributed by atoms with Crippen LogP contribution in [0.1, 0.15) is 52.0 Å². The van der Waals surface area contributed by atoms with E-state index in [4.69, 9.17) is 0 Å². The van der Waals surface area contributed by atoms with Gasteiger partial charge in [0.05, 0.1) is 12.3 Å². The van der Waals surface area contributed by atoms with Crippen LogP contribution >= 0.6 is 0 Å². The fourth-order valence-corrected chi connectivity index (χ4v) is 3.81. The fourth-order valence-electron chi connectivity index (χ4n) is 3.81. The number of benzene rings is 1. The highest BCUT2D eigenvalue weighted by molar-refractivity contribution is 6.02. The van der Waals surface area contributed by atoms with Crippen LogP contribution < -0.4 is 0 Å². The molecule has 0 aromatic heterocycles. The lowest BCUT2D eigenvalue weighted by molar-refractivity contribution is -0.136. The molecule has 6 nitrogen and oxygen atoms in total. The van der Waals surface area contributed by atoms with Crippen molar-refractivity contribution in [3.8, 4) is 0 Å². The minimum Gasteiger partial charge on any atom is -0.341 e. The molecule has 0 aliphatic carbocycles. The van der Waals surface area contributed by atoms with E-state index in [-0.39, 0.29) is 30.2 Å². The average molecular weight is 385 g/mol. The Hall–Kier alpha value is -2.21. The Morgan fingerprint density at radius 1 is 0.929 bits per heavy atom. The maximum atomic E-state index is 12.6. The van der Waals surface area contributed by atoms with E-state index >= 15 is 0 Å². The Bertz CT molecular complexity index is 724. The monoisotopic (exact) mass is 384 g/mol. The number of nitrogens with zero attached hydrogens (tertiary/aromatic N) is 4. The second-order valence-corrected chi connectivity index (χ2v) is 8.57. The molecule has 0 saturated carbocycles. The first-order chi connectivity index (χ1) is 13.3. The van der Waals surface area contributed by atoms with Crippen LogP contribution in [-0.4, -0.2) is 70.6 Å². The van der Waals surface area contributed by atoms with Crippen molar-refractivity contribution in [1.29, 1.82) is 0 Å². The van der Waals surface area contributed by atoms with Crippen LogP contribution in [0.3, 0.4) is 0 Å². The van der Waals surface area contributed by atoms with Crippen molar-refractivity contribution < 1.29 is 9.59 Å². The molecule has 0 unspecified atom stereocenters. The third-order valence-corrected chi connectivity index (χ3v) is 5.55. The van der Waals surface area contributed by atoms with E-state index in [1.54, 1.807) is 0 Å². The molecule has 0 bridgehead atoms. The van der Waals surface area contributed by atoms with Crippen LogP contribution in [0.2, 0.25) is 0 Å². The molecule has 152 valence electrons. The molecule has 2 aliphatic rings. The summed E-state index contributed by atoms with van der Waals surface area (Å²) < 4.78 is 0. The van der Waals surface area contributed by atoms with Gasteiger partial charge in [-0.3, -0.25) is 14.5 Å². The fraction of sp³-hybridized carbons (Fsp3) is 0.591. The molecule has 2 aliphatic heterocycles. The van der Waals surface area contributed by atoms with Gasteiger partial charge in [-0.05, 0) is 32.8 Å². The van der Waals surface area contributed by atoms with Crippen LogP contribution in [0.15, 0.2) is 35.4 Å². The van der Waals surface area contributed by atoms with Gasteiger partial charge in [0.2, 0.25) is 11.8 Å². The zero-order valence-electron chi connectivity index (χ0n) is 17.4. The lowest BCUT2D eigenvalue weighted by atomic mass is 10.1. The lowest BCUT2D eigenvalue weighted by Crippen LogP contribution is -2.44. The Kier molecular flexibility index (Phi) is 6.50. The molecule has 1 fully saturated rings. The molecule has 0 radical (unpaired) electrons. The molecule has 1 aromatic carbocycles. The molecule has 0 spiro atoms. The van der Waals surface area contributed by atoms with Crippen LogP contribution in [0, 0.1) is 0 Å². The molecule has 3 rings (SSSR count). The molecule has 0 atom stereocenters. The van der Waals surface area contributed by atoms with Crippen molar-refractivity contribution in [2.24, 2.45) is 5.10 Å². The summed E-state index contributed by atoms with van der Waals surface area (Å²) in [5.41, 5.74) is 2.12. The highest BCUT2D eigenvalue weighted by Crippen LogP contribution is 2.18. The summed E-state index contributed by atoms with van der Waals surface area (Å²) in [6, 6.07) is 9.94. The number of hydrazone groups is 1. The van der Waals surface area contributed by atoms with Gasteiger partial charge >= 0.3 is 0 Å². The van der Waals surface area contributed by atoms with Crippen LogP contribution in [0.25, 0.3) is 0 Å². The number of carbonyl (C=O) groups is 2. The molecule has 2 amide bonds. The largest absolute Gasteiger partial charge is 0.341 e. The van der Waals surface area contributed by atoms with E-state index in [0.717, 1.165) is 50.3 Å². The SMILES string of the molecule is CC(C)(C)N1CCCN(C(=O)CCC(=O)N2CCC(c3ccccc3)=N2)CC1. The quantitative estimate of drug-likeness (QED) is 0.802. The van der Waals surface area contributed by atoms with Gasteiger partial charge in [-0.1, -0.05) is 30.3 Å². The van der Waals surface area contributed by atoms with Crippen molar-refractivity contribution in [2.75, 3.05) is 32.7 Å². The molecular weight excluding hydrogens is 352 g/mol. The predicted octanol–water partition coefficient (Wildman–Crippen LogP) is 2.74. The smallest absolute Gasteiger partial charge is 0.243 e. The predicted molar refractivity (Wildman–Crippen MR) is 111 cm³/mol. The van der Waals surface area contributed by atoms with Crippen molar-refractivity contribution in [2.45, 2.75) is 52.0 Å². The van der Waals surface area contributed by atoms with E-state index in [1.165, 1.54) is 5.01 Å². The molecule has 0 N–H and O–H groups in total. The normalized spacial score (nSPS) is 18.8. The number of carbonyl (C=O) groups excluding carboxylic acids is 2. The van der Waals surface area contributed by atoms with Gasteiger partial charge in [0.15, 0.2) is 0 Å². The van der Waals surface area contributed by atoms with E-state index in [9.17, 15) is 9.59 Å². The number of hydrogen-bond acceptors (Lipinski definition) is 4. The van der Waals surface area contributed by atoms with Crippen molar-refractivity contribution in [3.63, 3.8) is 0 Å². The van der Waals surface area contributed by atoms with Crippen LogP contribution in [0.5, 0.6) is 0 Å². The zero-order chi connectivity index (χ0) is 20.1. The van der Waals surface area contributed by atoms with Crippen LogP contribution in [0.4, 0.5) is 0 Å². The van der Waals surface area contributed by atoms with Gasteiger partial charge in [-0.25, -0.2) is 5.01 Å². The first-order valence-corrected chi connectivity index (χ1v) is 10.3. The highest BCUT2D eigenvalue weighted by Gasteiger charge is 2.27. The lowest BCUT2D eigenvalue weighted by Gasteiger charge is -2.34. The van der Waals surface area contributed by atoms with E-state index < -0.39 is 0 Å². The topological polar surface area (TPSA) is 56.2 Å². The molecule has 2 heterocycles.